The van der Waals surface area contributed by atoms with Crippen molar-refractivity contribution < 1.29 is 37.9 Å². The number of hydrogen-bond donors (Lipinski definition) is 4. The quantitative estimate of drug-likeness (QED) is 0.139. The second kappa shape index (κ2) is 17.6. The molecule has 0 unspecified atom stereocenters. The minimum Gasteiger partial charge on any atom is -0.388 e. The van der Waals surface area contributed by atoms with Gasteiger partial charge >= 0.3 is 0 Å². The molecule has 14 nitrogen and oxygen atoms in total. The molecule has 4 N–H and O–H groups in total. The molecule has 1 aliphatic heterocycles. The van der Waals surface area contributed by atoms with E-state index < -0.39 is 51.9 Å². The molecule has 1 fully saturated rings. The van der Waals surface area contributed by atoms with Crippen molar-refractivity contribution in [1.29, 1.82) is 5.26 Å². The van der Waals surface area contributed by atoms with Crippen LogP contribution >= 0.6 is 0 Å². The molecule has 3 aromatic rings. The van der Waals surface area contributed by atoms with E-state index in [2.05, 4.69) is 45.9 Å². The van der Waals surface area contributed by atoms with Crippen LogP contribution in [0.3, 0.4) is 0 Å². The van der Waals surface area contributed by atoms with Crippen LogP contribution < -0.4 is 9.62 Å². The predicted molar refractivity (Wildman–Crippen MR) is 199 cm³/mol. The Morgan fingerprint density at radius 1 is 1.06 bits per heavy atom. The number of allylic oxidation sites excluding steroid dienone is 1. The molecule has 15 heteroatoms. The van der Waals surface area contributed by atoms with Gasteiger partial charge in [0.15, 0.2) is 11.2 Å². The Bertz CT molecular complexity index is 1810. The molecule has 1 aromatic heterocycles. The number of anilines is 1. The van der Waals surface area contributed by atoms with Crippen LogP contribution in [-0.4, -0.2) is 107 Å². The van der Waals surface area contributed by atoms with Gasteiger partial charge in [0.1, 0.15) is 30.5 Å². The molecule has 5 atom stereocenters. The van der Waals surface area contributed by atoms with Crippen LogP contribution in [0.15, 0.2) is 47.5 Å². The van der Waals surface area contributed by atoms with E-state index >= 15 is 0 Å². The number of rotatable bonds is 18. The number of aliphatic hydroxyl groups is 3. The molecule has 4 rings (SSSR count). The average molecular weight is 743 g/mol. The van der Waals surface area contributed by atoms with Crippen molar-refractivity contribution in [3.63, 3.8) is 0 Å². The number of nitriles is 1. The van der Waals surface area contributed by atoms with E-state index in [1.54, 1.807) is 20.0 Å². The summed E-state index contributed by atoms with van der Waals surface area (Å²) in [5.41, 5.74) is 0.734. The Labute approximate surface area is 307 Å². The van der Waals surface area contributed by atoms with Crippen molar-refractivity contribution in [3.8, 4) is 6.07 Å². The number of methoxy groups -OCH3 is 1. The zero-order valence-corrected chi connectivity index (χ0v) is 32.0. The SMILES string of the molecule is CCCN(CCC)c1ccc2cc(/C=C(\C#N)S(=O)(=O)NC(C)(C)CCOC(C)(C)Cc3cn(C[C@H]4O[C@H](OC)[C@H](O)[C@@H](O)[C@@H]4O)nn3)ccc2c1. The summed E-state index contributed by atoms with van der Waals surface area (Å²) in [6.45, 7) is 13.8. The predicted octanol–water partition coefficient (Wildman–Crippen LogP) is 3.50. The number of fused-ring (bicyclic) bond motifs is 1. The van der Waals surface area contributed by atoms with Crippen molar-refractivity contribution in [2.24, 2.45) is 0 Å². The van der Waals surface area contributed by atoms with Crippen LogP contribution in [0.25, 0.3) is 16.8 Å². The third-order valence-corrected chi connectivity index (χ3v) is 10.6. The molecule has 0 amide bonds. The van der Waals surface area contributed by atoms with E-state index in [0.717, 1.165) is 42.4 Å². The summed E-state index contributed by atoms with van der Waals surface area (Å²) in [6.07, 6.45) is -0.304. The molecule has 286 valence electrons. The van der Waals surface area contributed by atoms with Crippen LogP contribution in [0.2, 0.25) is 0 Å². The first-order valence-electron chi connectivity index (χ1n) is 17.7. The zero-order chi connectivity index (χ0) is 38.3. The van der Waals surface area contributed by atoms with Crippen LogP contribution in [0, 0.1) is 11.3 Å². The van der Waals surface area contributed by atoms with Gasteiger partial charge in [-0.3, -0.25) is 0 Å². The van der Waals surface area contributed by atoms with Gasteiger partial charge in [0.2, 0.25) is 0 Å². The lowest BCUT2D eigenvalue weighted by atomic mass is 9.99. The maximum absolute atomic E-state index is 13.4. The first kappa shape index (κ1) is 41.3. The van der Waals surface area contributed by atoms with Crippen LogP contribution in [-0.2, 0) is 37.2 Å². The second-order valence-electron chi connectivity index (χ2n) is 14.6. The minimum atomic E-state index is -4.15. The lowest BCUT2D eigenvalue weighted by Gasteiger charge is -2.39. The van der Waals surface area contributed by atoms with E-state index in [-0.39, 0.29) is 18.1 Å². The summed E-state index contributed by atoms with van der Waals surface area (Å²) in [6, 6.07) is 13.8. The number of sulfonamides is 1. The summed E-state index contributed by atoms with van der Waals surface area (Å²) >= 11 is 0. The second-order valence-corrected chi connectivity index (χ2v) is 16.3. The van der Waals surface area contributed by atoms with Gasteiger partial charge in [-0.2, -0.15) is 5.26 Å². The molecule has 0 saturated carbocycles. The van der Waals surface area contributed by atoms with Crippen molar-refractivity contribution in [3.05, 3.63) is 58.8 Å². The Kier molecular flexibility index (Phi) is 14.0. The Morgan fingerprint density at radius 3 is 2.38 bits per heavy atom. The first-order valence-corrected chi connectivity index (χ1v) is 19.2. The number of ether oxygens (including phenoxy) is 3. The van der Waals surface area contributed by atoms with Gasteiger partial charge in [0.25, 0.3) is 10.0 Å². The van der Waals surface area contributed by atoms with E-state index in [1.165, 1.54) is 17.9 Å². The van der Waals surface area contributed by atoms with Crippen molar-refractivity contribution in [2.45, 2.75) is 116 Å². The maximum Gasteiger partial charge on any atom is 0.251 e. The standard InChI is InChI=1S/C37H54N6O8S/c1-8-15-42(16-9-2)29-13-12-26-18-25(10-11-27(26)20-29)19-30(22-38)52(47,48)40-36(3,4)14-17-50-37(5,6)21-28-23-43(41-39-28)24-31-32(44)33(45)34(46)35(49-7)51-31/h10-13,18-20,23,31-35,40,44-46H,8-9,14-17,21,24H2,1-7H3/b30-19+/t31-,32-,33+,34-,35+/m1/s1. The van der Waals surface area contributed by atoms with Gasteiger partial charge in [-0.05, 0) is 87.6 Å². The highest BCUT2D eigenvalue weighted by molar-refractivity contribution is 7.93. The zero-order valence-electron chi connectivity index (χ0n) is 31.2. The fraction of sp³-hybridized carbons (Fsp3) is 0.595. The number of nitrogens with one attached hydrogen (secondary N) is 1. The van der Waals surface area contributed by atoms with Crippen molar-refractivity contribution in [2.75, 3.05) is 31.7 Å². The molecular weight excluding hydrogens is 689 g/mol. The topological polar surface area (TPSA) is 192 Å². The monoisotopic (exact) mass is 742 g/mol. The summed E-state index contributed by atoms with van der Waals surface area (Å²) in [4.78, 5) is 1.98. The van der Waals surface area contributed by atoms with Gasteiger partial charge in [-0.25, -0.2) is 17.8 Å². The van der Waals surface area contributed by atoms with Crippen LogP contribution in [0.4, 0.5) is 5.69 Å². The third-order valence-electron chi connectivity index (χ3n) is 8.99. The van der Waals surface area contributed by atoms with Crippen molar-refractivity contribution >= 4 is 32.6 Å². The number of aliphatic hydroxyl groups excluding tert-OH is 3. The van der Waals surface area contributed by atoms with E-state index in [4.69, 9.17) is 14.2 Å². The molecule has 2 aromatic carbocycles. The first-order chi connectivity index (χ1) is 24.5. The molecule has 0 bridgehead atoms. The maximum atomic E-state index is 13.4. The largest absolute Gasteiger partial charge is 0.388 e. The lowest BCUT2D eigenvalue weighted by molar-refractivity contribution is -0.292. The fourth-order valence-corrected chi connectivity index (χ4v) is 7.61. The number of nitrogens with zero attached hydrogens (tertiary/aromatic N) is 5. The van der Waals surface area contributed by atoms with Gasteiger partial charge in [-0.15, -0.1) is 5.10 Å². The summed E-state index contributed by atoms with van der Waals surface area (Å²) in [5.74, 6) is 0. The summed E-state index contributed by atoms with van der Waals surface area (Å²) in [5, 5.41) is 50.7. The van der Waals surface area contributed by atoms with Gasteiger partial charge in [-0.1, -0.05) is 37.3 Å². The Balaban J connectivity index is 1.33. The minimum absolute atomic E-state index is 0.0609. The molecular formula is C37H54N6O8S. The molecule has 0 spiro atoms. The highest BCUT2D eigenvalue weighted by Crippen LogP contribution is 2.27. The normalized spacial score (nSPS) is 21.7. The molecule has 1 aliphatic rings. The number of benzene rings is 2. The van der Waals surface area contributed by atoms with Crippen LogP contribution in [0.1, 0.15) is 72.1 Å². The van der Waals surface area contributed by atoms with E-state index in [9.17, 15) is 29.0 Å². The van der Waals surface area contributed by atoms with Gasteiger partial charge in [0.05, 0.1) is 17.8 Å². The summed E-state index contributed by atoms with van der Waals surface area (Å²) < 4.78 is 47.7. The van der Waals surface area contributed by atoms with E-state index in [1.807, 2.05) is 44.2 Å². The molecule has 0 radical (unpaired) electrons. The van der Waals surface area contributed by atoms with Gasteiger partial charge < -0.3 is 34.4 Å². The third kappa shape index (κ3) is 10.8. The fourth-order valence-electron chi connectivity index (χ4n) is 6.26. The molecule has 1 saturated heterocycles. The Hall–Kier alpha value is -3.46. The highest BCUT2D eigenvalue weighted by atomic mass is 32.2. The average Bonchev–Trinajstić information content (AvgIpc) is 3.51. The molecule has 0 aliphatic carbocycles. The van der Waals surface area contributed by atoms with Crippen LogP contribution in [0.5, 0.6) is 0 Å². The van der Waals surface area contributed by atoms with Crippen molar-refractivity contribution in [1.82, 2.24) is 19.7 Å². The Morgan fingerprint density at radius 2 is 1.73 bits per heavy atom. The number of aromatic nitrogens is 3. The van der Waals surface area contributed by atoms with E-state index in [0.29, 0.717) is 24.1 Å². The molecule has 52 heavy (non-hydrogen) atoms. The lowest BCUT2D eigenvalue weighted by Crippen LogP contribution is -2.58. The highest BCUT2D eigenvalue weighted by Gasteiger charge is 2.44. The smallest absolute Gasteiger partial charge is 0.251 e. The van der Waals surface area contributed by atoms with Gasteiger partial charge in [0, 0.05) is 50.7 Å². The summed E-state index contributed by atoms with van der Waals surface area (Å²) in [7, 11) is -2.82. The molecule has 2 heterocycles. The number of hydrogen-bond acceptors (Lipinski definition) is 12.